The SMILES string of the molecule is COCCc1nc(CNC(=O)Cn2ccc(=O)c3ccccc32)no1. The first-order chi connectivity index (χ1) is 12.2. The second-order valence-corrected chi connectivity index (χ2v) is 5.45. The summed E-state index contributed by atoms with van der Waals surface area (Å²) >= 11 is 0. The van der Waals surface area contributed by atoms with Gasteiger partial charge in [-0.15, -0.1) is 0 Å². The van der Waals surface area contributed by atoms with Gasteiger partial charge in [0.25, 0.3) is 0 Å². The van der Waals surface area contributed by atoms with Gasteiger partial charge in [-0.05, 0) is 12.1 Å². The Labute approximate surface area is 143 Å². The van der Waals surface area contributed by atoms with Crippen molar-refractivity contribution >= 4 is 16.8 Å². The number of fused-ring (bicyclic) bond motifs is 1. The Bertz CT molecular complexity index is 932. The summed E-state index contributed by atoms with van der Waals surface area (Å²) in [5.74, 6) is 0.666. The molecule has 0 bridgehead atoms. The van der Waals surface area contributed by atoms with Gasteiger partial charge in [0.2, 0.25) is 11.8 Å². The van der Waals surface area contributed by atoms with Crippen LogP contribution in [0.3, 0.4) is 0 Å². The zero-order valence-electron chi connectivity index (χ0n) is 13.8. The molecule has 8 heteroatoms. The van der Waals surface area contributed by atoms with E-state index >= 15 is 0 Å². The molecular formula is C17H18N4O4. The fourth-order valence-corrected chi connectivity index (χ4v) is 2.44. The molecule has 2 aromatic heterocycles. The van der Waals surface area contributed by atoms with E-state index in [1.807, 2.05) is 12.1 Å². The largest absolute Gasteiger partial charge is 0.384 e. The van der Waals surface area contributed by atoms with Crippen molar-refractivity contribution in [2.75, 3.05) is 13.7 Å². The number of aromatic nitrogens is 3. The molecule has 0 saturated heterocycles. The van der Waals surface area contributed by atoms with Crippen LogP contribution >= 0.6 is 0 Å². The Hall–Kier alpha value is -3.00. The number of hydrogen-bond acceptors (Lipinski definition) is 6. The van der Waals surface area contributed by atoms with E-state index in [4.69, 9.17) is 9.26 Å². The smallest absolute Gasteiger partial charge is 0.240 e. The topological polar surface area (TPSA) is 99.2 Å². The number of ether oxygens (including phenoxy) is 1. The van der Waals surface area contributed by atoms with Crippen LogP contribution < -0.4 is 10.7 Å². The highest BCUT2D eigenvalue weighted by molar-refractivity contribution is 5.82. The normalized spacial score (nSPS) is 10.9. The Morgan fingerprint density at radius 1 is 1.32 bits per heavy atom. The molecule has 1 aromatic carbocycles. The third-order valence-corrected chi connectivity index (χ3v) is 3.67. The van der Waals surface area contributed by atoms with E-state index in [1.165, 1.54) is 6.07 Å². The van der Waals surface area contributed by atoms with Crippen LogP contribution in [0.5, 0.6) is 0 Å². The molecule has 1 amide bonds. The molecule has 0 aliphatic rings. The van der Waals surface area contributed by atoms with Gasteiger partial charge in [-0.1, -0.05) is 17.3 Å². The number of carbonyl (C=O) groups is 1. The van der Waals surface area contributed by atoms with Gasteiger partial charge in [0.1, 0.15) is 6.54 Å². The minimum absolute atomic E-state index is 0.0670. The fourth-order valence-electron chi connectivity index (χ4n) is 2.44. The van der Waals surface area contributed by atoms with E-state index in [9.17, 15) is 9.59 Å². The molecule has 0 fully saturated rings. The maximum absolute atomic E-state index is 12.2. The van der Waals surface area contributed by atoms with Crippen molar-refractivity contribution in [1.29, 1.82) is 0 Å². The Balaban J connectivity index is 1.62. The van der Waals surface area contributed by atoms with Crippen LogP contribution in [0.1, 0.15) is 11.7 Å². The third-order valence-electron chi connectivity index (χ3n) is 3.67. The average molecular weight is 342 g/mol. The number of nitrogens with one attached hydrogen (secondary N) is 1. The summed E-state index contributed by atoms with van der Waals surface area (Å²) in [6.45, 7) is 0.760. The number of rotatable bonds is 7. The van der Waals surface area contributed by atoms with Crippen molar-refractivity contribution in [2.45, 2.75) is 19.5 Å². The Kier molecular flexibility index (Phi) is 5.20. The molecule has 3 aromatic rings. The summed E-state index contributed by atoms with van der Waals surface area (Å²) in [5, 5.41) is 7.13. The third kappa shape index (κ3) is 4.10. The lowest BCUT2D eigenvalue weighted by molar-refractivity contribution is -0.121. The van der Waals surface area contributed by atoms with E-state index < -0.39 is 0 Å². The van der Waals surface area contributed by atoms with Gasteiger partial charge >= 0.3 is 0 Å². The lowest BCUT2D eigenvalue weighted by Gasteiger charge is -2.10. The van der Waals surface area contributed by atoms with Crippen molar-refractivity contribution < 1.29 is 14.1 Å². The van der Waals surface area contributed by atoms with Crippen LogP contribution in [0.2, 0.25) is 0 Å². The molecule has 0 unspecified atom stereocenters. The van der Waals surface area contributed by atoms with Gasteiger partial charge < -0.3 is 19.1 Å². The van der Waals surface area contributed by atoms with Crippen molar-refractivity contribution in [2.24, 2.45) is 0 Å². The maximum atomic E-state index is 12.2. The molecule has 2 heterocycles. The first-order valence-corrected chi connectivity index (χ1v) is 7.82. The maximum Gasteiger partial charge on any atom is 0.240 e. The number of hydrogen-bond donors (Lipinski definition) is 1. The number of pyridine rings is 1. The summed E-state index contributed by atoms with van der Waals surface area (Å²) < 4.78 is 11.7. The van der Waals surface area contributed by atoms with Crippen LogP contribution in [0.25, 0.3) is 10.9 Å². The molecule has 0 aliphatic heterocycles. The lowest BCUT2D eigenvalue weighted by Crippen LogP contribution is -2.28. The molecule has 0 spiro atoms. The van der Waals surface area contributed by atoms with Crippen LogP contribution in [0.15, 0.2) is 45.8 Å². The zero-order valence-corrected chi connectivity index (χ0v) is 13.8. The van der Waals surface area contributed by atoms with Crippen molar-refractivity contribution in [3.63, 3.8) is 0 Å². The predicted octanol–water partition coefficient (Wildman–Crippen LogP) is 0.890. The van der Waals surface area contributed by atoms with Crippen molar-refractivity contribution in [3.8, 4) is 0 Å². The van der Waals surface area contributed by atoms with Gasteiger partial charge in [-0.2, -0.15) is 4.98 Å². The minimum atomic E-state index is -0.211. The molecule has 25 heavy (non-hydrogen) atoms. The van der Waals surface area contributed by atoms with E-state index in [0.717, 1.165) is 0 Å². The van der Waals surface area contributed by atoms with E-state index in [-0.39, 0.29) is 24.4 Å². The highest BCUT2D eigenvalue weighted by atomic mass is 16.5. The summed E-state index contributed by atoms with van der Waals surface area (Å²) in [4.78, 5) is 28.2. The number of para-hydroxylation sites is 1. The molecule has 0 aliphatic carbocycles. The molecule has 1 N–H and O–H groups in total. The van der Waals surface area contributed by atoms with Crippen LogP contribution in [0, 0.1) is 0 Å². The first-order valence-electron chi connectivity index (χ1n) is 7.82. The number of carbonyl (C=O) groups excluding carboxylic acids is 1. The zero-order chi connectivity index (χ0) is 17.6. The molecule has 3 rings (SSSR count). The molecule has 0 radical (unpaired) electrons. The number of benzene rings is 1. The van der Waals surface area contributed by atoms with E-state index in [2.05, 4.69) is 15.5 Å². The molecule has 130 valence electrons. The fraction of sp³-hybridized carbons (Fsp3) is 0.294. The number of nitrogens with zero attached hydrogens (tertiary/aromatic N) is 3. The van der Waals surface area contributed by atoms with Crippen molar-refractivity contribution in [3.05, 3.63) is 58.5 Å². The molecular weight excluding hydrogens is 324 g/mol. The lowest BCUT2D eigenvalue weighted by atomic mass is 10.2. The summed E-state index contributed by atoms with van der Waals surface area (Å²) in [6.07, 6.45) is 2.14. The monoisotopic (exact) mass is 342 g/mol. The predicted molar refractivity (Wildman–Crippen MR) is 89.9 cm³/mol. The quantitative estimate of drug-likeness (QED) is 0.684. The average Bonchev–Trinajstić information content (AvgIpc) is 3.09. The van der Waals surface area contributed by atoms with Crippen LogP contribution in [-0.4, -0.2) is 34.3 Å². The summed E-state index contributed by atoms with van der Waals surface area (Å²) in [6, 6.07) is 8.64. The van der Waals surface area contributed by atoms with E-state index in [0.29, 0.717) is 35.6 Å². The molecule has 0 saturated carbocycles. The van der Waals surface area contributed by atoms with Gasteiger partial charge in [0.15, 0.2) is 11.3 Å². The summed E-state index contributed by atoms with van der Waals surface area (Å²) in [5.41, 5.74) is 0.647. The molecule has 0 atom stereocenters. The highest BCUT2D eigenvalue weighted by Gasteiger charge is 2.10. The minimum Gasteiger partial charge on any atom is -0.384 e. The van der Waals surface area contributed by atoms with Crippen molar-refractivity contribution in [1.82, 2.24) is 20.0 Å². The van der Waals surface area contributed by atoms with Crippen LogP contribution in [-0.2, 0) is 29.0 Å². The van der Waals surface area contributed by atoms with E-state index in [1.54, 1.807) is 30.0 Å². The Morgan fingerprint density at radius 2 is 2.16 bits per heavy atom. The Morgan fingerprint density at radius 3 is 3.00 bits per heavy atom. The second kappa shape index (κ2) is 7.71. The second-order valence-electron chi connectivity index (χ2n) is 5.45. The summed E-state index contributed by atoms with van der Waals surface area (Å²) in [7, 11) is 1.60. The van der Waals surface area contributed by atoms with Gasteiger partial charge in [0.05, 0.1) is 25.1 Å². The van der Waals surface area contributed by atoms with Gasteiger partial charge in [-0.3, -0.25) is 9.59 Å². The number of methoxy groups -OCH3 is 1. The number of amides is 1. The standard InChI is InChI=1S/C17H18N4O4/c1-24-9-7-17-19-15(20-25-17)10-18-16(23)11-21-8-6-14(22)12-4-2-3-5-13(12)21/h2-6,8H,7,9-11H2,1H3,(H,18,23). The van der Waals surface area contributed by atoms with Crippen LogP contribution in [0.4, 0.5) is 0 Å². The highest BCUT2D eigenvalue weighted by Crippen LogP contribution is 2.09. The first kappa shape index (κ1) is 16.8. The van der Waals surface area contributed by atoms with Gasteiger partial charge in [0, 0.05) is 24.8 Å². The molecule has 8 nitrogen and oxygen atoms in total. The van der Waals surface area contributed by atoms with Gasteiger partial charge in [-0.25, -0.2) is 0 Å².